The van der Waals surface area contributed by atoms with Gasteiger partial charge in [0.2, 0.25) is 5.56 Å². The molecule has 4 N–H and O–H groups in total. The molecule has 1 amide bonds. The molecule has 0 unspecified atom stereocenters. The van der Waals surface area contributed by atoms with E-state index in [9.17, 15) is 14.4 Å². The second kappa shape index (κ2) is 8.55. The molecule has 3 heterocycles. The van der Waals surface area contributed by atoms with Crippen LogP contribution in [0, 0.1) is 13.8 Å². The van der Waals surface area contributed by atoms with Crippen molar-refractivity contribution < 1.29 is 9.21 Å². The first-order valence-corrected chi connectivity index (χ1v) is 10.5. The number of aromatic nitrogens is 2. The van der Waals surface area contributed by atoms with Crippen molar-refractivity contribution in [3.8, 4) is 11.5 Å². The molecule has 8 nitrogen and oxygen atoms in total. The molecule has 4 aromatic rings. The molecule has 0 spiro atoms. The smallest absolute Gasteiger partial charge is 0.269 e. The Labute approximate surface area is 193 Å². The average molecular weight is 465 g/mol. The molecule has 168 valence electrons. The second-order valence-corrected chi connectivity index (χ2v) is 8.19. The van der Waals surface area contributed by atoms with E-state index in [1.165, 1.54) is 6.07 Å². The van der Waals surface area contributed by atoms with Crippen molar-refractivity contribution in [1.29, 1.82) is 0 Å². The van der Waals surface area contributed by atoms with Gasteiger partial charge in [0.15, 0.2) is 16.9 Å². The fourth-order valence-corrected chi connectivity index (χ4v) is 3.92. The maximum absolute atomic E-state index is 13.2. The summed E-state index contributed by atoms with van der Waals surface area (Å²) in [6.07, 6.45) is 0. The van der Waals surface area contributed by atoms with E-state index in [-0.39, 0.29) is 27.6 Å². The number of nitrogens with one attached hydrogen (secondary N) is 2. The van der Waals surface area contributed by atoms with Crippen LogP contribution in [-0.2, 0) is 0 Å². The third kappa shape index (κ3) is 4.25. The Morgan fingerprint density at radius 3 is 2.64 bits per heavy atom. The normalized spacial score (nSPS) is 12.0. The molecule has 0 radical (unpaired) electrons. The van der Waals surface area contributed by atoms with Crippen molar-refractivity contribution in [3.05, 3.63) is 90.6 Å². The van der Waals surface area contributed by atoms with Crippen molar-refractivity contribution >= 4 is 34.2 Å². The minimum atomic E-state index is -0.723. The van der Waals surface area contributed by atoms with Gasteiger partial charge >= 0.3 is 0 Å². The molecule has 4 rings (SSSR count). The summed E-state index contributed by atoms with van der Waals surface area (Å²) in [5, 5.41) is 3.78. The zero-order chi connectivity index (χ0) is 23.9. The predicted octanol–water partition coefficient (Wildman–Crippen LogP) is 4.09. The van der Waals surface area contributed by atoms with Gasteiger partial charge < -0.3 is 20.5 Å². The van der Waals surface area contributed by atoms with Crippen LogP contribution in [0.15, 0.2) is 56.5 Å². The number of nitrogens with zero attached hydrogens (tertiary/aromatic N) is 1. The summed E-state index contributed by atoms with van der Waals surface area (Å²) in [4.78, 5) is 43.6. The van der Waals surface area contributed by atoms with Gasteiger partial charge in [-0.25, -0.2) is 4.98 Å². The van der Waals surface area contributed by atoms with E-state index in [0.29, 0.717) is 33.5 Å². The first-order valence-electron chi connectivity index (χ1n) is 10.2. The Balaban J connectivity index is 1.90. The molecule has 33 heavy (non-hydrogen) atoms. The van der Waals surface area contributed by atoms with Crippen molar-refractivity contribution in [2.24, 2.45) is 5.73 Å². The lowest BCUT2D eigenvalue weighted by molar-refractivity contribution is 0.0996. The summed E-state index contributed by atoms with van der Waals surface area (Å²) < 4.78 is 6.22. The standard InChI is InChI=1S/C24H21ClN4O4/c1-11-9-14(13(3)27-16-7-8-18(25)29-20(16)24(26)32)23-15(10-11)21(31)12(2)22(33-23)17-5-4-6-19(30)28-17/h4-10,13,27H,1-3H3,(H2,26,32)(H,28,30)/t13-/m1/s1. The summed E-state index contributed by atoms with van der Waals surface area (Å²) in [6.45, 7) is 5.40. The second-order valence-electron chi connectivity index (χ2n) is 7.81. The number of nitrogens with two attached hydrogens (primary N) is 1. The predicted molar refractivity (Wildman–Crippen MR) is 128 cm³/mol. The van der Waals surface area contributed by atoms with E-state index >= 15 is 0 Å². The molecule has 0 aliphatic rings. The molecule has 3 aromatic heterocycles. The van der Waals surface area contributed by atoms with Crippen LogP contribution in [0.5, 0.6) is 0 Å². The molecule has 9 heteroatoms. The number of H-pyrrole nitrogens is 1. The minimum absolute atomic E-state index is 0.00570. The summed E-state index contributed by atoms with van der Waals surface area (Å²) in [6, 6.07) is 11.1. The van der Waals surface area contributed by atoms with E-state index in [4.69, 9.17) is 21.8 Å². The number of aromatic amines is 1. The zero-order valence-corrected chi connectivity index (χ0v) is 18.9. The molecule has 0 saturated heterocycles. The lowest BCUT2D eigenvalue weighted by Crippen LogP contribution is -2.18. The highest BCUT2D eigenvalue weighted by Crippen LogP contribution is 2.32. The number of amides is 1. The SMILES string of the molecule is Cc1cc([C@@H](C)Nc2ccc(Cl)nc2C(N)=O)c2oc(-c3cccc(=O)[nH]3)c(C)c(=O)c2c1. The Morgan fingerprint density at radius 1 is 1.18 bits per heavy atom. The van der Waals surface area contributed by atoms with Gasteiger partial charge in [-0.2, -0.15) is 0 Å². The fourth-order valence-electron chi connectivity index (χ4n) is 3.78. The highest BCUT2D eigenvalue weighted by atomic mass is 35.5. The van der Waals surface area contributed by atoms with Gasteiger partial charge in [0.25, 0.3) is 5.91 Å². The third-order valence-electron chi connectivity index (χ3n) is 5.34. The van der Waals surface area contributed by atoms with Crippen LogP contribution < -0.4 is 22.0 Å². The number of benzene rings is 1. The van der Waals surface area contributed by atoms with Crippen molar-refractivity contribution in [3.63, 3.8) is 0 Å². The van der Waals surface area contributed by atoms with E-state index in [2.05, 4.69) is 15.3 Å². The fraction of sp³-hybridized carbons (Fsp3) is 0.167. The van der Waals surface area contributed by atoms with Crippen LogP contribution >= 0.6 is 11.6 Å². The monoisotopic (exact) mass is 464 g/mol. The maximum atomic E-state index is 13.2. The van der Waals surface area contributed by atoms with Gasteiger partial charge in [-0.05, 0) is 50.6 Å². The minimum Gasteiger partial charge on any atom is -0.454 e. The number of carbonyl (C=O) groups excluding carboxylic acids is 1. The number of hydrogen-bond donors (Lipinski definition) is 3. The van der Waals surface area contributed by atoms with Crippen molar-refractivity contribution in [1.82, 2.24) is 9.97 Å². The Hall–Kier alpha value is -3.91. The van der Waals surface area contributed by atoms with Crippen LogP contribution in [0.4, 0.5) is 5.69 Å². The van der Waals surface area contributed by atoms with Crippen LogP contribution in [-0.4, -0.2) is 15.9 Å². The van der Waals surface area contributed by atoms with E-state index in [1.54, 1.807) is 37.3 Å². The topological polar surface area (TPSA) is 131 Å². The van der Waals surface area contributed by atoms with Gasteiger partial charge in [-0.1, -0.05) is 23.7 Å². The van der Waals surface area contributed by atoms with E-state index in [0.717, 1.165) is 5.56 Å². The first-order chi connectivity index (χ1) is 15.7. The van der Waals surface area contributed by atoms with Crippen LogP contribution in [0.25, 0.3) is 22.4 Å². The Morgan fingerprint density at radius 2 is 1.94 bits per heavy atom. The lowest BCUT2D eigenvalue weighted by atomic mass is 9.99. The number of halogens is 1. The van der Waals surface area contributed by atoms with Gasteiger partial charge in [0.1, 0.15) is 10.7 Å². The number of primary amides is 1. The van der Waals surface area contributed by atoms with Crippen molar-refractivity contribution in [2.45, 2.75) is 26.8 Å². The maximum Gasteiger partial charge on any atom is 0.269 e. The largest absolute Gasteiger partial charge is 0.454 e. The van der Waals surface area contributed by atoms with Crippen LogP contribution in [0.2, 0.25) is 5.15 Å². The summed E-state index contributed by atoms with van der Waals surface area (Å²) in [7, 11) is 0. The molecule has 0 bridgehead atoms. The number of pyridine rings is 2. The van der Waals surface area contributed by atoms with Crippen LogP contribution in [0.3, 0.4) is 0 Å². The molecular formula is C24H21ClN4O4. The molecular weight excluding hydrogens is 444 g/mol. The number of fused-ring (bicyclic) bond motifs is 1. The molecule has 0 aliphatic carbocycles. The quantitative estimate of drug-likeness (QED) is 0.381. The number of carbonyl (C=O) groups is 1. The molecule has 0 saturated carbocycles. The van der Waals surface area contributed by atoms with Gasteiger partial charge in [-0.15, -0.1) is 0 Å². The molecule has 0 aliphatic heterocycles. The Kier molecular flexibility index (Phi) is 5.78. The van der Waals surface area contributed by atoms with E-state index < -0.39 is 11.9 Å². The number of rotatable bonds is 5. The van der Waals surface area contributed by atoms with Crippen molar-refractivity contribution in [2.75, 3.05) is 5.32 Å². The van der Waals surface area contributed by atoms with Gasteiger partial charge in [0, 0.05) is 17.2 Å². The summed E-state index contributed by atoms with van der Waals surface area (Å²) >= 11 is 5.91. The lowest BCUT2D eigenvalue weighted by Gasteiger charge is -2.19. The highest BCUT2D eigenvalue weighted by Gasteiger charge is 2.21. The number of hydrogen-bond acceptors (Lipinski definition) is 6. The first kappa shape index (κ1) is 22.3. The number of anilines is 1. The average Bonchev–Trinajstić information content (AvgIpc) is 2.77. The molecule has 0 fully saturated rings. The Bertz CT molecular complexity index is 1520. The molecule has 1 aromatic carbocycles. The zero-order valence-electron chi connectivity index (χ0n) is 18.2. The molecule has 1 atom stereocenters. The van der Waals surface area contributed by atoms with Gasteiger partial charge in [0.05, 0.1) is 22.8 Å². The number of aryl methyl sites for hydroxylation is 1. The van der Waals surface area contributed by atoms with Crippen LogP contribution in [0.1, 0.15) is 40.1 Å². The van der Waals surface area contributed by atoms with E-state index in [1.807, 2.05) is 19.9 Å². The third-order valence-corrected chi connectivity index (χ3v) is 5.55. The van der Waals surface area contributed by atoms with Gasteiger partial charge in [-0.3, -0.25) is 14.4 Å². The summed E-state index contributed by atoms with van der Waals surface area (Å²) in [5.74, 6) is -0.438. The highest BCUT2D eigenvalue weighted by molar-refractivity contribution is 6.29. The summed E-state index contributed by atoms with van der Waals surface area (Å²) in [5.41, 5.74) is 8.08.